The topological polar surface area (TPSA) is 21.3 Å². The smallest absolute Gasteiger partial charge is 0.372 e. The van der Waals surface area contributed by atoms with Crippen LogP contribution in [0.2, 0.25) is 0 Å². The van der Waals surface area contributed by atoms with Crippen molar-refractivity contribution in [1.29, 1.82) is 0 Å². The molecule has 0 saturated heterocycles. The fourth-order valence-corrected chi connectivity index (χ4v) is 2.05. The van der Waals surface area contributed by atoms with Crippen molar-refractivity contribution in [1.82, 2.24) is 5.32 Å². The molecule has 0 saturated carbocycles. The Balaban J connectivity index is 2.34. The van der Waals surface area contributed by atoms with Crippen LogP contribution in [0.25, 0.3) is 0 Å². The average molecular weight is 289 g/mol. The Labute approximate surface area is 118 Å². The van der Waals surface area contributed by atoms with Gasteiger partial charge in [-0.15, -0.1) is 0 Å². The lowest BCUT2D eigenvalue weighted by molar-refractivity contribution is -0.174. The van der Waals surface area contributed by atoms with Crippen LogP contribution in [0.5, 0.6) is 0 Å². The standard InChI is InChI=1S/C15H22F3NO/c1-2-19-11-14(13-7-4-3-5-8-13)9-6-10-20-12-15(16,17)18/h3-5,7-8,14,19H,2,6,9-12H2,1H3. The molecule has 1 aromatic carbocycles. The van der Waals surface area contributed by atoms with Crippen molar-refractivity contribution in [2.45, 2.75) is 31.9 Å². The van der Waals surface area contributed by atoms with E-state index in [1.54, 1.807) is 0 Å². The van der Waals surface area contributed by atoms with Crippen LogP contribution in [0.15, 0.2) is 30.3 Å². The third-order valence-corrected chi connectivity index (χ3v) is 3.02. The number of nitrogens with one attached hydrogen (secondary N) is 1. The summed E-state index contributed by atoms with van der Waals surface area (Å²) in [6, 6.07) is 10.0. The highest BCUT2D eigenvalue weighted by molar-refractivity contribution is 5.19. The molecule has 0 aliphatic carbocycles. The first kappa shape index (κ1) is 17.0. The fraction of sp³-hybridized carbons (Fsp3) is 0.600. The van der Waals surface area contributed by atoms with E-state index < -0.39 is 12.8 Å². The third kappa shape index (κ3) is 7.50. The summed E-state index contributed by atoms with van der Waals surface area (Å²) >= 11 is 0. The number of halogens is 3. The molecule has 1 rings (SSSR count). The monoisotopic (exact) mass is 289 g/mol. The minimum absolute atomic E-state index is 0.148. The summed E-state index contributed by atoms with van der Waals surface area (Å²) in [6.07, 6.45) is -2.79. The molecule has 0 aliphatic rings. The first-order valence-electron chi connectivity index (χ1n) is 6.93. The van der Waals surface area contributed by atoms with Crippen molar-refractivity contribution >= 4 is 0 Å². The number of hydrogen-bond donors (Lipinski definition) is 1. The minimum Gasteiger partial charge on any atom is -0.372 e. The Morgan fingerprint density at radius 1 is 1.20 bits per heavy atom. The van der Waals surface area contributed by atoms with Gasteiger partial charge in [0.2, 0.25) is 0 Å². The van der Waals surface area contributed by atoms with Gasteiger partial charge in [-0.25, -0.2) is 0 Å². The van der Waals surface area contributed by atoms with Gasteiger partial charge in [0.15, 0.2) is 0 Å². The second-order valence-corrected chi connectivity index (χ2v) is 4.73. The number of benzene rings is 1. The van der Waals surface area contributed by atoms with E-state index in [1.807, 2.05) is 25.1 Å². The molecule has 1 aromatic rings. The van der Waals surface area contributed by atoms with Crippen LogP contribution in [-0.4, -0.2) is 32.5 Å². The van der Waals surface area contributed by atoms with Gasteiger partial charge in [-0.2, -0.15) is 13.2 Å². The van der Waals surface area contributed by atoms with E-state index in [0.29, 0.717) is 12.3 Å². The summed E-state index contributed by atoms with van der Waals surface area (Å²) in [4.78, 5) is 0. The summed E-state index contributed by atoms with van der Waals surface area (Å²) in [6.45, 7) is 2.74. The molecule has 1 atom stereocenters. The maximum Gasteiger partial charge on any atom is 0.411 e. The zero-order chi connectivity index (χ0) is 14.8. The van der Waals surface area contributed by atoms with E-state index in [2.05, 4.69) is 22.2 Å². The van der Waals surface area contributed by atoms with E-state index in [4.69, 9.17) is 0 Å². The summed E-state index contributed by atoms with van der Waals surface area (Å²) in [5, 5.41) is 3.29. The van der Waals surface area contributed by atoms with E-state index in [9.17, 15) is 13.2 Å². The highest BCUT2D eigenvalue weighted by Gasteiger charge is 2.27. The van der Waals surface area contributed by atoms with Crippen molar-refractivity contribution in [2.75, 3.05) is 26.3 Å². The zero-order valence-electron chi connectivity index (χ0n) is 11.7. The molecule has 0 fully saturated rings. The maximum absolute atomic E-state index is 11.9. The van der Waals surface area contributed by atoms with Crippen LogP contribution in [0.3, 0.4) is 0 Å². The van der Waals surface area contributed by atoms with Crippen LogP contribution in [0.4, 0.5) is 13.2 Å². The number of ether oxygens (including phenoxy) is 1. The Hall–Kier alpha value is -1.07. The lowest BCUT2D eigenvalue weighted by Crippen LogP contribution is -2.22. The predicted molar refractivity (Wildman–Crippen MR) is 73.8 cm³/mol. The first-order chi connectivity index (χ1) is 9.53. The number of hydrogen-bond acceptors (Lipinski definition) is 2. The Bertz CT molecular complexity index is 354. The Morgan fingerprint density at radius 3 is 2.50 bits per heavy atom. The quantitative estimate of drug-likeness (QED) is 0.699. The van der Waals surface area contributed by atoms with Gasteiger partial charge in [-0.05, 0) is 30.9 Å². The molecule has 20 heavy (non-hydrogen) atoms. The van der Waals surface area contributed by atoms with Crippen molar-refractivity contribution in [3.05, 3.63) is 35.9 Å². The SMILES string of the molecule is CCNCC(CCCOCC(F)(F)F)c1ccccc1. The van der Waals surface area contributed by atoms with Gasteiger partial charge in [0, 0.05) is 13.2 Å². The average Bonchev–Trinajstić information content (AvgIpc) is 2.41. The first-order valence-corrected chi connectivity index (χ1v) is 6.93. The maximum atomic E-state index is 11.9. The molecule has 0 heterocycles. The van der Waals surface area contributed by atoms with Gasteiger partial charge in [0.1, 0.15) is 6.61 Å². The van der Waals surface area contributed by atoms with Crippen LogP contribution < -0.4 is 5.32 Å². The fourth-order valence-electron chi connectivity index (χ4n) is 2.05. The normalized spacial score (nSPS) is 13.4. The van der Waals surface area contributed by atoms with Crippen LogP contribution in [0.1, 0.15) is 31.2 Å². The van der Waals surface area contributed by atoms with Crippen molar-refractivity contribution in [3.63, 3.8) is 0 Å². The molecule has 0 radical (unpaired) electrons. The van der Waals surface area contributed by atoms with Crippen molar-refractivity contribution in [3.8, 4) is 0 Å². The second-order valence-electron chi connectivity index (χ2n) is 4.73. The van der Waals surface area contributed by atoms with Gasteiger partial charge >= 0.3 is 6.18 Å². The second kappa shape index (κ2) is 8.97. The highest BCUT2D eigenvalue weighted by Crippen LogP contribution is 2.21. The molecule has 114 valence electrons. The van der Waals surface area contributed by atoms with Crippen LogP contribution in [-0.2, 0) is 4.74 Å². The minimum atomic E-state index is -4.23. The van der Waals surface area contributed by atoms with Gasteiger partial charge < -0.3 is 10.1 Å². The van der Waals surface area contributed by atoms with E-state index >= 15 is 0 Å². The molecule has 0 amide bonds. The number of rotatable bonds is 9. The summed E-state index contributed by atoms with van der Waals surface area (Å²) < 4.78 is 40.5. The highest BCUT2D eigenvalue weighted by atomic mass is 19.4. The van der Waals surface area contributed by atoms with E-state index in [0.717, 1.165) is 19.5 Å². The molecular formula is C15H22F3NO. The number of alkyl halides is 3. The van der Waals surface area contributed by atoms with Crippen LogP contribution >= 0.6 is 0 Å². The van der Waals surface area contributed by atoms with Gasteiger partial charge in [-0.1, -0.05) is 37.3 Å². The summed E-state index contributed by atoms with van der Waals surface area (Å²) in [5.74, 6) is 0.311. The molecular weight excluding hydrogens is 267 g/mol. The lowest BCUT2D eigenvalue weighted by Gasteiger charge is -2.18. The van der Waals surface area contributed by atoms with Crippen molar-refractivity contribution < 1.29 is 17.9 Å². The molecule has 0 aromatic heterocycles. The largest absolute Gasteiger partial charge is 0.411 e. The van der Waals surface area contributed by atoms with Gasteiger partial charge in [0.25, 0.3) is 0 Å². The molecule has 0 aliphatic heterocycles. The van der Waals surface area contributed by atoms with Gasteiger partial charge in [-0.3, -0.25) is 0 Å². The molecule has 5 heteroatoms. The number of likely N-dealkylation sites (N-methyl/N-ethyl adjacent to an activating group) is 1. The molecule has 2 nitrogen and oxygen atoms in total. The molecule has 1 unspecified atom stereocenters. The zero-order valence-corrected chi connectivity index (χ0v) is 11.7. The Morgan fingerprint density at radius 2 is 1.90 bits per heavy atom. The van der Waals surface area contributed by atoms with Crippen LogP contribution in [0, 0.1) is 0 Å². The summed E-state index contributed by atoms with van der Waals surface area (Å²) in [7, 11) is 0. The predicted octanol–water partition coefficient (Wildman–Crippen LogP) is 3.74. The van der Waals surface area contributed by atoms with Gasteiger partial charge in [0.05, 0.1) is 0 Å². The molecule has 0 bridgehead atoms. The van der Waals surface area contributed by atoms with E-state index in [-0.39, 0.29) is 6.61 Å². The molecule has 1 N–H and O–H groups in total. The lowest BCUT2D eigenvalue weighted by atomic mass is 9.94. The van der Waals surface area contributed by atoms with E-state index in [1.165, 1.54) is 5.56 Å². The molecule has 0 spiro atoms. The Kier molecular flexibility index (Phi) is 7.62. The summed E-state index contributed by atoms with van der Waals surface area (Å²) in [5.41, 5.74) is 1.21. The third-order valence-electron chi connectivity index (χ3n) is 3.02. The van der Waals surface area contributed by atoms with Crippen molar-refractivity contribution in [2.24, 2.45) is 0 Å².